The molecule has 1 heterocycles. The van der Waals surface area contributed by atoms with Crippen molar-refractivity contribution in [2.75, 3.05) is 0 Å². The van der Waals surface area contributed by atoms with E-state index in [1.54, 1.807) is 0 Å². The Bertz CT molecular complexity index is 203. The summed E-state index contributed by atoms with van der Waals surface area (Å²) in [6.07, 6.45) is 2.19. The highest BCUT2D eigenvalue weighted by Crippen LogP contribution is 2.41. The molecule has 2 heteroatoms. The molecule has 2 unspecified atom stereocenters. The van der Waals surface area contributed by atoms with Gasteiger partial charge in [0.25, 0.3) is 0 Å². The molecule has 14 heavy (non-hydrogen) atoms. The van der Waals surface area contributed by atoms with Gasteiger partial charge in [-0.3, -0.25) is 0 Å². The second-order valence-corrected chi connectivity index (χ2v) is 6.61. The van der Waals surface area contributed by atoms with E-state index in [9.17, 15) is 5.21 Å². The van der Waals surface area contributed by atoms with E-state index in [1.807, 2.05) is 0 Å². The van der Waals surface area contributed by atoms with Crippen molar-refractivity contribution in [2.45, 2.75) is 66.0 Å². The van der Waals surface area contributed by atoms with E-state index in [4.69, 9.17) is 0 Å². The van der Waals surface area contributed by atoms with Gasteiger partial charge in [-0.15, -0.1) is 10.3 Å². The molecule has 1 aliphatic heterocycles. The summed E-state index contributed by atoms with van der Waals surface area (Å²) >= 11 is 0. The van der Waals surface area contributed by atoms with Gasteiger partial charge in [-0.05, 0) is 44.9 Å². The predicted octanol–water partition coefficient (Wildman–Crippen LogP) is 3.26. The van der Waals surface area contributed by atoms with Crippen LogP contribution in [0, 0.1) is 11.3 Å². The first-order valence-electron chi connectivity index (χ1n) is 5.60. The number of hydrogen-bond donors (Lipinski definition) is 0. The Morgan fingerprint density at radius 1 is 1.36 bits per heavy atom. The SMILES string of the molecule is CC1C(CC(C)(C)C)CC(C)(C)N1[O]. The number of hydrogen-bond acceptors (Lipinski definition) is 1. The van der Waals surface area contributed by atoms with E-state index < -0.39 is 0 Å². The highest BCUT2D eigenvalue weighted by Gasteiger charge is 2.45. The van der Waals surface area contributed by atoms with E-state index in [2.05, 4.69) is 41.5 Å². The van der Waals surface area contributed by atoms with Crippen molar-refractivity contribution in [3.8, 4) is 0 Å². The lowest BCUT2D eigenvalue weighted by Gasteiger charge is -2.26. The maximum atomic E-state index is 11.8. The molecular weight excluding hydrogens is 174 g/mol. The zero-order valence-electron chi connectivity index (χ0n) is 10.4. The molecular formula is C12H24NO. The summed E-state index contributed by atoms with van der Waals surface area (Å²) in [5.41, 5.74) is 0.176. The summed E-state index contributed by atoms with van der Waals surface area (Å²) in [4.78, 5) is 0. The smallest absolute Gasteiger partial charge is 0.0444 e. The van der Waals surface area contributed by atoms with Gasteiger partial charge in [-0.2, -0.15) is 0 Å². The molecule has 0 bridgehead atoms. The fourth-order valence-electron chi connectivity index (χ4n) is 2.67. The van der Waals surface area contributed by atoms with Crippen LogP contribution in [0.3, 0.4) is 0 Å². The van der Waals surface area contributed by atoms with Crippen molar-refractivity contribution >= 4 is 0 Å². The quantitative estimate of drug-likeness (QED) is 0.634. The Hall–Kier alpha value is -0.0800. The van der Waals surface area contributed by atoms with Crippen LogP contribution in [0.5, 0.6) is 0 Å². The Morgan fingerprint density at radius 2 is 1.86 bits per heavy atom. The maximum Gasteiger partial charge on any atom is 0.0444 e. The average molecular weight is 198 g/mol. The van der Waals surface area contributed by atoms with Gasteiger partial charge in [0.1, 0.15) is 0 Å². The fourth-order valence-corrected chi connectivity index (χ4v) is 2.67. The molecule has 0 N–H and O–H groups in total. The molecule has 0 amide bonds. The molecule has 1 fully saturated rings. The van der Waals surface area contributed by atoms with Crippen molar-refractivity contribution in [3.63, 3.8) is 0 Å². The molecule has 0 saturated carbocycles. The van der Waals surface area contributed by atoms with Crippen LogP contribution in [0.1, 0.15) is 54.4 Å². The average Bonchev–Trinajstić information content (AvgIpc) is 2.11. The van der Waals surface area contributed by atoms with Gasteiger partial charge in [0, 0.05) is 11.6 Å². The van der Waals surface area contributed by atoms with E-state index in [-0.39, 0.29) is 11.6 Å². The second kappa shape index (κ2) is 3.49. The van der Waals surface area contributed by atoms with Gasteiger partial charge in [0.15, 0.2) is 0 Å². The first-order chi connectivity index (χ1) is 6.13. The maximum absolute atomic E-state index is 11.8. The zero-order valence-corrected chi connectivity index (χ0v) is 10.4. The van der Waals surface area contributed by atoms with Crippen LogP contribution in [-0.2, 0) is 5.21 Å². The summed E-state index contributed by atoms with van der Waals surface area (Å²) in [6, 6.07) is 0.184. The predicted molar refractivity (Wildman–Crippen MR) is 58.2 cm³/mol. The highest BCUT2D eigenvalue weighted by atomic mass is 16.5. The van der Waals surface area contributed by atoms with Crippen molar-refractivity contribution in [3.05, 3.63) is 0 Å². The summed E-state index contributed by atoms with van der Waals surface area (Å²) in [7, 11) is 0. The van der Waals surface area contributed by atoms with Crippen molar-refractivity contribution in [2.24, 2.45) is 11.3 Å². The van der Waals surface area contributed by atoms with Crippen LogP contribution >= 0.6 is 0 Å². The topological polar surface area (TPSA) is 23.1 Å². The minimum Gasteiger partial charge on any atom is -0.146 e. The monoisotopic (exact) mass is 198 g/mol. The molecule has 0 aliphatic carbocycles. The Kier molecular flexibility index (Phi) is 2.99. The van der Waals surface area contributed by atoms with E-state index in [1.165, 1.54) is 5.06 Å². The van der Waals surface area contributed by atoms with Crippen molar-refractivity contribution < 1.29 is 5.21 Å². The van der Waals surface area contributed by atoms with Gasteiger partial charge >= 0.3 is 0 Å². The Morgan fingerprint density at radius 3 is 2.14 bits per heavy atom. The molecule has 1 rings (SSSR count). The minimum absolute atomic E-state index is 0.157. The van der Waals surface area contributed by atoms with E-state index in [0.717, 1.165) is 12.8 Å². The molecule has 1 aliphatic rings. The number of hydroxylamine groups is 2. The van der Waals surface area contributed by atoms with Gasteiger partial charge in [-0.1, -0.05) is 20.8 Å². The molecule has 0 aromatic carbocycles. The molecule has 0 aromatic rings. The minimum atomic E-state index is -0.157. The summed E-state index contributed by atoms with van der Waals surface area (Å²) in [5, 5.41) is 13.1. The van der Waals surface area contributed by atoms with E-state index in [0.29, 0.717) is 11.3 Å². The van der Waals surface area contributed by atoms with Crippen molar-refractivity contribution in [1.82, 2.24) is 5.06 Å². The van der Waals surface area contributed by atoms with Gasteiger partial charge < -0.3 is 0 Å². The largest absolute Gasteiger partial charge is 0.146 e. The lowest BCUT2D eigenvalue weighted by molar-refractivity contribution is -0.219. The Balaban J connectivity index is 2.67. The third kappa shape index (κ3) is 2.48. The lowest BCUT2D eigenvalue weighted by Crippen LogP contribution is -2.38. The van der Waals surface area contributed by atoms with Crippen LogP contribution in [0.4, 0.5) is 0 Å². The molecule has 83 valence electrons. The fraction of sp³-hybridized carbons (Fsp3) is 1.00. The van der Waals surface area contributed by atoms with Gasteiger partial charge in [0.2, 0.25) is 0 Å². The molecule has 1 radical (unpaired) electrons. The number of nitrogens with zero attached hydrogens (tertiary/aromatic N) is 1. The van der Waals surface area contributed by atoms with Crippen LogP contribution in [0.25, 0.3) is 0 Å². The lowest BCUT2D eigenvalue weighted by atomic mass is 9.80. The molecule has 2 atom stereocenters. The van der Waals surface area contributed by atoms with Crippen molar-refractivity contribution in [1.29, 1.82) is 0 Å². The molecule has 0 aromatic heterocycles. The Labute approximate surface area is 88.3 Å². The van der Waals surface area contributed by atoms with Crippen LogP contribution < -0.4 is 0 Å². The standard InChI is InChI=1S/C12H24NO/c1-9-10(7-11(2,3)4)8-12(5,6)13(9)14/h9-10H,7-8H2,1-6H3. The highest BCUT2D eigenvalue weighted by molar-refractivity contribution is 4.94. The molecule has 0 spiro atoms. The third-order valence-electron chi connectivity index (χ3n) is 3.29. The zero-order chi connectivity index (χ0) is 11.1. The molecule has 1 saturated heterocycles. The number of rotatable bonds is 1. The van der Waals surface area contributed by atoms with Crippen LogP contribution in [0.2, 0.25) is 0 Å². The summed E-state index contributed by atoms with van der Waals surface area (Å²) in [6.45, 7) is 12.9. The third-order valence-corrected chi connectivity index (χ3v) is 3.29. The summed E-state index contributed by atoms with van der Waals surface area (Å²) in [5.74, 6) is 0.558. The molecule has 2 nitrogen and oxygen atoms in total. The van der Waals surface area contributed by atoms with Crippen LogP contribution in [-0.4, -0.2) is 16.6 Å². The first-order valence-corrected chi connectivity index (χ1v) is 5.60. The summed E-state index contributed by atoms with van der Waals surface area (Å²) < 4.78 is 0. The first kappa shape index (κ1) is 12.0. The van der Waals surface area contributed by atoms with Crippen LogP contribution in [0.15, 0.2) is 0 Å². The van der Waals surface area contributed by atoms with E-state index >= 15 is 0 Å². The van der Waals surface area contributed by atoms with Gasteiger partial charge in [-0.25, -0.2) is 0 Å². The normalized spacial score (nSPS) is 33.6. The second-order valence-electron chi connectivity index (χ2n) is 6.61. The van der Waals surface area contributed by atoms with Gasteiger partial charge in [0.05, 0.1) is 0 Å².